The van der Waals surface area contributed by atoms with Crippen molar-refractivity contribution in [2.45, 2.75) is 64.2 Å². The van der Waals surface area contributed by atoms with E-state index in [0.29, 0.717) is 25.7 Å². The van der Waals surface area contributed by atoms with Crippen LogP contribution < -0.4 is 20.9 Å². The highest BCUT2D eigenvalue weighted by atomic mass is 32.1. The number of carbonyl (C=O) groups excluding carboxylic acids is 4. The van der Waals surface area contributed by atoms with Crippen LogP contribution in [0.3, 0.4) is 0 Å². The SMILES string of the molecule is CC[C@H](C)[C@H](NC(=O)COCCF)C(=O)N[C@H]1CCc2cccc3c2N(C1=O)[C@H](C(=O)NCc1cscn1)C3. The van der Waals surface area contributed by atoms with Crippen LogP contribution in [0.25, 0.3) is 0 Å². The lowest BCUT2D eigenvalue weighted by Crippen LogP contribution is -2.58. The van der Waals surface area contributed by atoms with Gasteiger partial charge in [-0.2, -0.15) is 0 Å². The van der Waals surface area contributed by atoms with Crippen LogP contribution >= 0.6 is 11.3 Å². The minimum absolute atomic E-state index is 0.207. The van der Waals surface area contributed by atoms with Crippen LogP contribution in [0.5, 0.6) is 0 Å². The Bertz CT molecular complexity index is 1190. The van der Waals surface area contributed by atoms with E-state index in [2.05, 4.69) is 20.9 Å². The molecule has 12 heteroatoms. The Labute approximate surface area is 230 Å². The molecule has 4 amide bonds. The van der Waals surface area contributed by atoms with Gasteiger partial charge in [0.05, 0.1) is 30.0 Å². The zero-order valence-corrected chi connectivity index (χ0v) is 22.9. The van der Waals surface area contributed by atoms with E-state index in [1.807, 2.05) is 37.4 Å². The zero-order chi connectivity index (χ0) is 27.9. The molecule has 10 nitrogen and oxygen atoms in total. The molecule has 0 saturated carbocycles. The van der Waals surface area contributed by atoms with Crippen LogP contribution in [0.1, 0.15) is 43.5 Å². The fourth-order valence-corrected chi connectivity index (χ4v) is 5.55. The molecule has 210 valence electrons. The van der Waals surface area contributed by atoms with Crippen molar-refractivity contribution in [1.82, 2.24) is 20.9 Å². The van der Waals surface area contributed by atoms with Gasteiger partial charge in [-0.15, -0.1) is 11.3 Å². The van der Waals surface area contributed by atoms with Crippen LogP contribution in [0.4, 0.5) is 10.1 Å². The lowest BCUT2D eigenvalue weighted by atomic mass is 9.97. The Morgan fingerprint density at radius 2 is 2.08 bits per heavy atom. The van der Waals surface area contributed by atoms with Gasteiger partial charge < -0.3 is 20.7 Å². The number of anilines is 1. The third kappa shape index (κ3) is 6.62. The number of aryl methyl sites for hydroxylation is 1. The molecular formula is C27H34FN5O5S. The molecule has 4 atom stereocenters. The number of hydrogen-bond acceptors (Lipinski definition) is 7. The predicted octanol–water partition coefficient (Wildman–Crippen LogP) is 1.67. The first-order chi connectivity index (χ1) is 18.8. The Hall–Kier alpha value is -3.38. The minimum Gasteiger partial charge on any atom is -0.369 e. The van der Waals surface area contributed by atoms with Crippen LogP contribution in [0, 0.1) is 5.92 Å². The highest BCUT2D eigenvalue weighted by Gasteiger charge is 2.44. The summed E-state index contributed by atoms with van der Waals surface area (Å²) in [6.07, 6.45) is 1.87. The Balaban J connectivity index is 1.50. The fraction of sp³-hybridized carbons (Fsp3) is 0.519. The molecule has 2 aliphatic rings. The topological polar surface area (TPSA) is 130 Å². The van der Waals surface area contributed by atoms with Crippen molar-refractivity contribution in [1.29, 1.82) is 0 Å². The summed E-state index contributed by atoms with van der Waals surface area (Å²) in [6.45, 7) is 2.70. The molecule has 2 aliphatic heterocycles. The molecule has 0 aliphatic carbocycles. The van der Waals surface area contributed by atoms with E-state index >= 15 is 0 Å². The third-order valence-corrected chi connectivity index (χ3v) is 7.86. The number of carbonyl (C=O) groups is 4. The van der Waals surface area contributed by atoms with Crippen molar-refractivity contribution < 1.29 is 28.3 Å². The summed E-state index contributed by atoms with van der Waals surface area (Å²) < 4.78 is 17.3. The summed E-state index contributed by atoms with van der Waals surface area (Å²) in [5, 5.41) is 10.3. The minimum atomic E-state index is -0.902. The summed E-state index contributed by atoms with van der Waals surface area (Å²) in [4.78, 5) is 58.6. The van der Waals surface area contributed by atoms with Crippen molar-refractivity contribution >= 4 is 40.7 Å². The summed E-state index contributed by atoms with van der Waals surface area (Å²) in [7, 11) is 0. The molecule has 1 aromatic carbocycles. The number of para-hydroxylation sites is 1. The second-order valence-electron chi connectivity index (χ2n) is 9.82. The third-order valence-electron chi connectivity index (χ3n) is 7.22. The molecule has 3 heterocycles. The van der Waals surface area contributed by atoms with Crippen molar-refractivity contribution in [3.05, 3.63) is 45.9 Å². The van der Waals surface area contributed by atoms with Gasteiger partial charge in [-0.05, 0) is 29.9 Å². The number of alkyl halides is 1. The van der Waals surface area contributed by atoms with Gasteiger partial charge in [0.25, 0.3) is 0 Å². The van der Waals surface area contributed by atoms with Crippen molar-refractivity contribution in [2.75, 3.05) is 24.8 Å². The number of hydrogen-bond donors (Lipinski definition) is 3. The number of ether oxygens (including phenoxy) is 1. The summed E-state index contributed by atoms with van der Waals surface area (Å²) in [6, 6.07) is 3.26. The molecule has 3 N–H and O–H groups in total. The van der Waals surface area contributed by atoms with E-state index in [-0.39, 0.29) is 37.5 Å². The van der Waals surface area contributed by atoms with Crippen molar-refractivity contribution in [3.63, 3.8) is 0 Å². The van der Waals surface area contributed by atoms with Gasteiger partial charge in [0.15, 0.2) is 0 Å². The van der Waals surface area contributed by atoms with E-state index in [1.54, 1.807) is 5.51 Å². The number of benzene rings is 1. The molecule has 1 aromatic heterocycles. The quantitative estimate of drug-likeness (QED) is 0.339. The first-order valence-corrected chi connectivity index (χ1v) is 14.1. The van der Waals surface area contributed by atoms with Gasteiger partial charge in [-0.25, -0.2) is 9.37 Å². The van der Waals surface area contributed by atoms with E-state index in [9.17, 15) is 23.6 Å². The molecule has 0 spiro atoms. The number of nitrogens with zero attached hydrogens (tertiary/aromatic N) is 2. The second-order valence-corrected chi connectivity index (χ2v) is 10.5. The lowest BCUT2D eigenvalue weighted by Gasteiger charge is -2.29. The van der Waals surface area contributed by atoms with Gasteiger partial charge in [0.2, 0.25) is 23.6 Å². The van der Waals surface area contributed by atoms with Gasteiger partial charge in [-0.1, -0.05) is 38.5 Å². The van der Waals surface area contributed by atoms with E-state index in [1.165, 1.54) is 16.2 Å². The average molecular weight is 560 g/mol. The van der Waals surface area contributed by atoms with Crippen LogP contribution in [-0.2, 0) is 43.3 Å². The lowest BCUT2D eigenvalue weighted by molar-refractivity contribution is -0.134. The number of amides is 4. The first kappa shape index (κ1) is 28.6. The highest BCUT2D eigenvalue weighted by Crippen LogP contribution is 2.39. The maximum Gasteiger partial charge on any atom is 0.250 e. The smallest absolute Gasteiger partial charge is 0.250 e. The standard InChI is InChI=1S/C27H34FN5O5S/c1-3-16(2)23(32-22(34)13-38-10-9-28)26(36)31-20-8-7-17-5-4-6-18-11-21(33(24(17)18)27(20)37)25(35)29-12-19-14-39-15-30-19/h4-6,14-16,20-21,23H,3,7-13H2,1-2H3,(H,29,35)(H,31,36)(H,32,34)/t16-,20-,21-,23-/m0/s1. The first-order valence-electron chi connectivity index (χ1n) is 13.2. The molecule has 0 unspecified atom stereocenters. The maximum atomic E-state index is 13.9. The average Bonchev–Trinajstić information content (AvgIpc) is 3.57. The summed E-state index contributed by atoms with van der Waals surface area (Å²) in [5.74, 6) is -1.90. The predicted molar refractivity (Wildman–Crippen MR) is 144 cm³/mol. The number of thiazole rings is 1. The van der Waals surface area contributed by atoms with E-state index < -0.39 is 36.6 Å². The highest BCUT2D eigenvalue weighted by molar-refractivity contribution is 7.07. The maximum absolute atomic E-state index is 13.9. The number of nitrogens with one attached hydrogen (secondary N) is 3. The van der Waals surface area contributed by atoms with E-state index in [4.69, 9.17) is 4.74 Å². The summed E-state index contributed by atoms with van der Waals surface area (Å²) >= 11 is 1.44. The molecule has 0 fully saturated rings. The normalized spacial score (nSPS) is 19.6. The van der Waals surface area contributed by atoms with Crippen LogP contribution in [0.15, 0.2) is 29.1 Å². The van der Waals surface area contributed by atoms with Crippen LogP contribution in [-0.4, -0.2) is 66.6 Å². The molecule has 0 bridgehead atoms. The monoisotopic (exact) mass is 559 g/mol. The Kier molecular flexibility index (Phi) is 9.63. The number of halogens is 1. The van der Waals surface area contributed by atoms with E-state index in [0.717, 1.165) is 22.5 Å². The largest absolute Gasteiger partial charge is 0.369 e. The van der Waals surface area contributed by atoms with Gasteiger partial charge in [0, 0.05) is 11.8 Å². The van der Waals surface area contributed by atoms with Crippen LogP contribution in [0.2, 0.25) is 0 Å². The fourth-order valence-electron chi connectivity index (χ4n) is 4.99. The molecule has 4 rings (SSSR count). The molecule has 0 radical (unpaired) electrons. The Morgan fingerprint density at radius 3 is 2.79 bits per heavy atom. The summed E-state index contributed by atoms with van der Waals surface area (Å²) in [5.41, 5.74) is 5.04. The number of aromatic nitrogens is 1. The van der Waals surface area contributed by atoms with Gasteiger partial charge >= 0.3 is 0 Å². The zero-order valence-electron chi connectivity index (χ0n) is 22.1. The molecule has 39 heavy (non-hydrogen) atoms. The Morgan fingerprint density at radius 1 is 1.28 bits per heavy atom. The second kappa shape index (κ2) is 13.1. The van der Waals surface area contributed by atoms with Gasteiger partial charge in [-0.3, -0.25) is 24.1 Å². The number of rotatable bonds is 12. The van der Waals surface area contributed by atoms with Gasteiger partial charge in [0.1, 0.15) is 31.4 Å². The molecular weight excluding hydrogens is 525 g/mol. The van der Waals surface area contributed by atoms with Crippen molar-refractivity contribution in [2.24, 2.45) is 5.92 Å². The van der Waals surface area contributed by atoms with Crippen molar-refractivity contribution in [3.8, 4) is 0 Å². The molecule has 2 aromatic rings. The molecule has 0 saturated heterocycles.